The lowest BCUT2D eigenvalue weighted by molar-refractivity contribution is 0.367. The molecule has 4 nitrogen and oxygen atoms in total. The summed E-state index contributed by atoms with van der Waals surface area (Å²) in [7, 11) is 2.11. The van der Waals surface area contributed by atoms with Crippen LogP contribution in [0.1, 0.15) is 18.4 Å². The van der Waals surface area contributed by atoms with E-state index in [4.69, 9.17) is 0 Å². The minimum absolute atomic E-state index is 0.821. The Kier molecular flexibility index (Phi) is 4.49. The Morgan fingerprint density at radius 1 is 1.33 bits per heavy atom. The van der Waals surface area contributed by atoms with Crippen LogP contribution in [0, 0.1) is 13.8 Å². The van der Waals surface area contributed by atoms with Gasteiger partial charge in [-0.15, -0.1) is 0 Å². The van der Waals surface area contributed by atoms with E-state index in [1.807, 2.05) is 19.9 Å². The third kappa shape index (κ3) is 4.25. The Balaban J connectivity index is 2.43. The first-order valence-electron chi connectivity index (χ1n) is 5.36. The van der Waals surface area contributed by atoms with Crippen LogP contribution < -0.4 is 5.32 Å². The fraction of sp³-hybridized carbons (Fsp3) is 0.636. The Hall–Kier alpha value is -1.16. The highest BCUT2D eigenvalue weighted by Gasteiger charge is 1.98. The molecule has 1 N–H and O–H groups in total. The molecule has 0 fully saturated rings. The zero-order chi connectivity index (χ0) is 11.3. The minimum atomic E-state index is 0.821. The lowest BCUT2D eigenvalue weighted by Crippen LogP contribution is -2.25. The van der Waals surface area contributed by atoms with Gasteiger partial charge in [0.15, 0.2) is 0 Å². The molecular weight excluding hydrogens is 188 g/mol. The Morgan fingerprint density at radius 3 is 2.67 bits per heavy atom. The number of rotatable bonds is 5. The lowest BCUT2D eigenvalue weighted by atomic mass is 10.4. The van der Waals surface area contributed by atoms with Crippen molar-refractivity contribution in [1.29, 1.82) is 0 Å². The highest BCUT2D eigenvalue weighted by Crippen LogP contribution is 2.04. The summed E-state index contributed by atoms with van der Waals surface area (Å²) in [5, 5.41) is 3.30. The van der Waals surface area contributed by atoms with Gasteiger partial charge in [0, 0.05) is 24.8 Å². The van der Waals surface area contributed by atoms with Gasteiger partial charge in [-0.2, -0.15) is 0 Å². The molecule has 15 heavy (non-hydrogen) atoms. The number of anilines is 1. The molecule has 0 saturated carbocycles. The van der Waals surface area contributed by atoms with Crippen LogP contribution in [0.15, 0.2) is 6.07 Å². The van der Waals surface area contributed by atoms with Crippen molar-refractivity contribution in [3.05, 3.63) is 17.6 Å². The third-order valence-corrected chi connectivity index (χ3v) is 2.31. The maximum absolute atomic E-state index is 4.32. The topological polar surface area (TPSA) is 41.0 Å². The van der Waals surface area contributed by atoms with Gasteiger partial charge in [0.25, 0.3) is 0 Å². The van der Waals surface area contributed by atoms with Crippen LogP contribution in [0.25, 0.3) is 0 Å². The molecule has 0 spiro atoms. The van der Waals surface area contributed by atoms with Crippen molar-refractivity contribution in [2.75, 3.05) is 32.0 Å². The third-order valence-electron chi connectivity index (χ3n) is 2.31. The molecule has 1 aromatic rings. The maximum Gasteiger partial charge on any atom is 0.129 e. The van der Waals surface area contributed by atoms with E-state index in [0.29, 0.717) is 0 Å². The van der Waals surface area contributed by atoms with Gasteiger partial charge in [0.1, 0.15) is 11.6 Å². The van der Waals surface area contributed by atoms with Gasteiger partial charge in [-0.25, -0.2) is 9.97 Å². The first-order valence-corrected chi connectivity index (χ1v) is 5.36. The van der Waals surface area contributed by atoms with E-state index in [1.165, 1.54) is 0 Å². The van der Waals surface area contributed by atoms with Crippen LogP contribution in [0.2, 0.25) is 0 Å². The molecule has 0 bridgehead atoms. The lowest BCUT2D eigenvalue weighted by Gasteiger charge is -2.14. The smallest absolute Gasteiger partial charge is 0.129 e. The van der Waals surface area contributed by atoms with E-state index in [2.05, 4.69) is 34.2 Å². The first kappa shape index (κ1) is 11.9. The Labute approximate surface area is 91.7 Å². The van der Waals surface area contributed by atoms with Gasteiger partial charge in [-0.3, -0.25) is 0 Å². The first-order chi connectivity index (χ1) is 7.11. The van der Waals surface area contributed by atoms with E-state index in [0.717, 1.165) is 37.0 Å². The molecule has 84 valence electrons. The zero-order valence-electron chi connectivity index (χ0n) is 10.0. The number of aryl methyl sites for hydroxylation is 2. The molecule has 0 aromatic carbocycles. The van der Waals surface area contributed by atoms with Crippen molar-refractivity contribution >= 4 is 5.82 Å². The fourth-order valence-electron chi connectivity index (χ4n) is 1.34. The summed E-state index contributed by atoms with van der Waals surface area (Å²) in [5.74, 6) is 1.74. The van der Waals surface area contributed by atoms with Gasteiger partial charge in [0.05, 0.1) is 0 Å². The second-order valence-electron chi connectivity index (χ2n) is 3.76. The van der Waals surface area contributed by atoms with Crippen molar-refractivity contribution < 1.29 is 0 Å². The van der Waals surface area contributed by atoms with E-state index in [-0.39, 0.29) is 0 Å². The predicted molar refractivity (Wildman–Crippen MR) is 63.2 cm³/mol. The standard InChI is InChI=1S/C11H20N4/c1-5-15(4)7-6-12-11-8-9(2)13-10(3)14-11/h8H,5-7H2,1-4H3,(H,12,13,14). The summed E-state index contributed by atoms with van der Waals surface area (Å²) in [5.41, 5.74) is 1.01. The molecule has 0 saturated heterocycles. The Morgan fingerprint density at radius 2 is 2.07 bits per heavy atom. The zero-order valence-corrected chi connectivity index (χ0v) is 10.0. The monoisotopic (exact) mass is 208 g/mol. The highest BCUT2D eigenvalue weighted by atomic mass is 15.1. The molecule has 0 aliphatic heterocycles. The summed E-state index contributed by atoms with van der Waals surface area (Å²) in [6, 6.07) is 1.97. The van der Waals surface area contributed by atoms with Crippen molar-refractivity contribution in [3.63, 3.8) is 0 Å². The van der Waals surface area contributed by atoms with Crippen LogP contribution in [0.3, 0.4) is 0 Å². The molecule has 1 aromatic heterocycles. The molecule has 1 rings (SSSR count). The number of nitrogens with one attached hydrogen (secondary N) is 1. The quantitative estimate of drug-likeness (QED) is 0.795. The summed E-state index contributed by atoms with van der Waals surface area (Å²) in [4.78, 5) is 10.8. The van der Waals surface area contributed by atoms with Crippen molar-refractivity contribution in [3.8, 4) is 0 Å². The molecular formula is C11H20N4. The number of hydrogen-bond donors (Lipinski definition) is 1. The molecule has 0 radical (unpaired) electrons. The molecule has 4 heteroatoms. The van der Waals surface area contributed by atoms with Gasteiger partial charge in [0.2, 0.25) is 0 Å². The number of nitrogens with zero attached hydrogens (tertiary/aromatic N) is 3. The number of aromatic nitrogens is 2. The molecule has 0 aliphatic rings. The van der Waals surface area contributed by atoms with Crippen LogP contribution in [0.5, 0.6) is 0 Å². The van der Waals surface area contributed by atoms with E-state index < -0.39 is 0 Å². The van der Waals surface area contributed by atoms with Crippen molar-refractivity contribution in [1.82, 2.24) is 14.9 Å². The summed E-state index contributed by atoms with van der Waals surface area (Å²) in [6.45, 7) is 9.07. The second-order valence-corrected chi connectivity index (χ2v) is 3.76. The molecule has 0 unspecified atom stereocenters. The predicted octanol–water partition coefficient (Wildman–Crippen LogP) is 1.46. The second kappa shape index (κ2) is 5.66. The largest absolute Gasteiger partial charge is 0.369 e. The van der Waals surface area contributed by atoms with E-state index in [9.17, 15) is 0 Å². The SMILES string of the molecule is CCN(C)CCNc1cc(C)nc(C)n1. The maximum atomic E-state index is 4.32. The number of hydrogen-bond acceptors (Lipinski definition) is 4. The van der Waals surface area contributed by atoms with E-state index in [1.54, 1.807) is 0 Å². The van der Waals surface area contributed by atoms with Gasteiger partial charge >= 0.3 is 0 Å². The van der Waals surface area contributed by atoms with Crippen LogP contribution in [-0.4, -0.2) is 41.5 Å². The molecule has 0 atom stereocenters. The fourth-order valence-corrected chi connectivity index (χ4v) is 1.34. The summed E-state index contributed by atoms with van der Waals surface area (Å²) < 4.78 is 0. The van der Waals surface area contributed by atoms with E-state index >= 15 is 0 Å². The van der Waals surface area contributed by atoms with Crippen molar-refractivity contribution in [2.45, 2.75) is 20.8 Å². The molecule has 1 heterocycles. The number of likely N-dealkylation sites (N-methyl/N-ethyl adjacent to an activating group) is 1. The van der Waals surface area contributed by atoms with Gasteiger partial charge < -0.3 is 10.2 Å². The van der Waals surface area contributed by atoms with Crippen LogP contribution in [0.4, 0.5) is 5.82 Å². The molecule has 0 amide bonds. The Bertz CT molecular complexity index is 291. The summed E-state index contributed by atoms with van der Waals surface area (Å²) in [6.07, 6.45) is 0. The van der Waals surface area contributed by atoms with Gasteiger partial charge in [-0.1, -0.05) is 6.92 Å². The van der Waals surface area contributed by atoms with Crippen LogP contribution >= 0.6 is 0 Å². The average Bonchev–Trinajstić information content (AvgIpc) is 2.16. The minimum Gasteiger partial charge on any atom is -0.369 e. The normalized spacial score (nSPS) is 10.7. The highest BCUT2D eigenvalue weighted by molar-refractivity contribution is 5.35. The van der Waals surface area contributed by atoms with Gasteiger partial charge in [-0.05, 0) is 27.4 Å². The average molecular weight is 208 g/mol. The molecule has 0 aliphatic carbocycles. The summed E-state index contributed by atoms with van der Waals surface area (Å²) >= 11 is 0. The van der Waals surface area contributed by atoms with Crippen molar-refractivity contribution in [2.24, 2.45) is 0 Å². The van der Waals surface area contributed by atoms with Crippen LogP contribution in [-0.2, 0) is 0 Å².